The van der Waals surface area contributed by atoms with Crippen LogP contribution in [0.2, 0.25) is 19.6 Å². The van der Waals surface area contributed by atoms with E-state index in [9.17, 15) is 5.11 Å². The molecular weight excluding hydrogens is 304 g/mol. The summed E-state index contributed by atoms with van der Waals surface area (Å²) in [6.45, 7) is 8.96. The van der Waals surface area contributed by atoms with E-state index >= 15 is 0 Å². The Hall–Kier alpha value is -1.36. The molecule has 0 spiro atoms. The zero-order valence-corrected chi connectivity index (χ0v) is 15.2. The maximum absolute atomic E-state index is 9.50. The zero-order chi connectivity index (χ0) is 18.2. The summed E-state index contributed by atoms with van der Waals surface area (Å²) >= 11 is 0. The van der Waals surface area contributed by atoms with Crippen molar-refractivity contribution < 1.29 is 30.0 Å². The van der Waals surface area contributed by atoms with E-state index in [1.165, 1.54) is 0 Å². The molecule has 0 saturated heterocycles. The molecule has 0 saturated carbocycles. The van der Waals surface area contributed by atoms with Crippen LogP contribution < -0.4 is 0 Å². The first-order valence-electron chi connectivity index (χ1n) is 7.10. The van der Waals surface area contributed by atoms with Crippen molar-refractivity contribution in [3.63, 3.8) is 0 Å². The predicted octanol–water partition coefficient (Wildman–Crippen LogP) is 1.96. The van der Waals surface area contributed by atoms with Crippen LogP contribution in [0.4, 0.5) is 0 Å². The molecule has 6 nitrogen and oxygen atoms in total. The van der Waals surface area contributed by atoms with E-state index in [-0.39, 0.29) is 12.7 Å². The van der Waals surface area contributed by atoms with Crippen LogP contribution in [0, 0.1) is 11.5 Å². The molecule has 0 aromatic heterocycles. The summed E-state index contributed by atoms with van der Waals surface area (Å²) in [5.41, 5.74) is 3.22. The van der Waals surface area contributed by atoms with Crippen molar-refractivity contribution in [1.29, 1.82) is 0 Å². The van der Waals surface area contributed by atoms with Crippen molar-refractivity contribution in [3.8, 4) is 11.5 Å². The Morgan fingerprint density at radius 3 is 1.77 bits per heavy atom. The number of rotatable bonds is 5. The Morgan fingerprint density at radius 2 is 1.45 bits per heavy atom. The van der Waals surface area contributed by atoms with Gasteiger partial charge in [0.1, 0.15) is 8.07 Å². The molecule has 0 radical (unpaired) electrons. The lowest BCUT2D eigenvalue weighted by molar-refractivity contribution is -0.135. The number of aliphatic carboxylic acids is 2. The van der Waals surface area contributed by atoms with Gasteiger partial charge in [-0.2, -0.15) is 0 Å². The van der Waals surface area contributed by atoms with Crippen LogP contribution in [0.25, 0.3) is 0 Å². The maximum atomic E-state index is 9.50. The van der Waals surface area contributed by atoms with Crippen LogP contribution in [0.3, 0.4) is 0 Å². The summed E-state index contributed by atoms with van der Waals surface area (Å²) in [5, 5.41) is 32.9. The minimum Gasteiger partial charge on any atom is -0.481 e. The first-order chi connectivity index (χ1) is 9.92. The molecule has 0 aromatic rings. The van der Waals surface area contributed by atoms with Gasteiger partial charge < -0.3 is 20.4 Å². The van der Waals surface area contributed by atoms with Gasteiger partial charge in [-0.05, 0) is 19.3 Å². The highest BCUT2D eigenvalue weighted by Gasteiger charge is 2.08. The summed E-state index contributed by atoms with van der Waals surface area (Å²) in [5.74, 6) is 1.38. The fourth-order valence-corrected chi connectivity index (χ4v) is 1.66. The van der Waals surface area contributed by atoms with E-state index in [0.717, 1.165) is 33.1 Å². The molecule has 1 atom stereocenters. The molecule has 0 rings (SSSR count). The average Bonchev–Trinajstić information content (AvgIpc) is 2.25. The van der Waals surface area contributed by atoms with Gasteiger partial charge in [0.05, 0.1) is 6.10 Å². The van der Waals surface area contributed by atoms with Crippen LogP contribution in [-0.4, -0.2) is 53.1 Å². The summed E-state index contributed by atoms with van der Waals surface area (Å²) in [6, 6.07) is 0. The Morgan fingerprint density at radius 1 is 1.05 bits per heavy atom. The molecule has 1 unspecified atom stereocenters. The highest BCUT2D eigenvalue weighted by Crippen LogP contribution is 2.04. The van der Waals surface area contributed by atoms with Crippen molar-refractivity contribution in [1.82, 2.24) is 0 Å². The lowest BCUT2D eigenvalue weighted by Crippen LogP contribution is -2.16. The van der Waals surface area contributed by atoms with Gasteiger partial charge in [0.15, 0.2) is 0 Å². The van der Waals surface area contributed by atoms with Crippen molar-refractivity contribution >= 4 is 20.0 Å². The number of hydrogen-bond donors (Lipinski definition) is 4. The molecule has 0 aromatic carbocycles. The van der Waals surface area contributed by atoms with Crippen molar-refractivity contribution in [2.75, 3.05) is 6.61 Å². The lowest BCUT2D eigenvalue weighted by atomic mass is 10.1. The molecule has 22 heavy (non-hydrogen) atoms. The number of aliphatic hydroxyl groups excluding tert-OH is 2. The van der Waals surface area contributed by atoms with Gasteiger partial charge in [-0.25, -0.2) is 0 Å². The molecule has 4 N–H and O–H groups in total. The zero-order valence-electron chi connectivity index (χ0n) is 14.2. The Labute approximate surface area is 134 Å². The fraction of sp³-hybridized carbons (Fsp3) is 0.733. The number of carboxylic acids is 2. The lowest BCUT2D eigenvalue weighted by Gasteiger charge is -2.07. The number of hydrogen-bond acceptors (Lipinski definition) is 4. The average molecular weight is 334 g/mol. The molecule has 7 heteroatoms. The first-order valence-corrected chi connectivity index (χ1v) is 10.6. The van der Waals surface area contributed by atoms with E-state index in [0.29, 0.717) is 6.42 Å². The van der Waals surface area contributed by atoms with Crippen molar-refractivity contribution in [2.45, 2.75) is 65.3 Å². The van der Waals surface area contributed by atoms with Crippen molar-refractivity contribution in [2.24, 2.45) is 0 Å². The summed E-state index contributed by atoms with van der Waals surface area (Å²) in [4.78, 5) is 18.0. The maximum Gasteiger partial charge on any atom is 0.300 e. The first kappa shape index (κ1) is 25.6. The standard InChI is InChI=1S/C11H22O2Si.2C2H4O2/c1-14(2,3)10-6-8-11(13)7-4-5-9-12;2*1-2(3)4/h11-13H,4-5,7-9H2,1-3H3;2*1H3,(H,3,4). The smallest absolute Gasteiger partial charge is 0.300 e. The van der Waals surface area contributed by atoms with Crippen LogP contribution >= 0.6 is 0 Å². The molecule has 0 aliphatic heterocycles. The highest BCUT2D eigenvalue weighted by molar-refractivity contribution is 6.83. The number of carbonyl (C=O) groups is 2. The molecule has 0 amide bonds. The SMILES string of the molecule is CC(=O)O.CC(=O)O.C[Si](C)(C)C#CCC(O)CCCCO. The number of aliphatic hydroxyl groups is 2. The van der Waals surface area contributed by atoms with Crippen LogP contribution in [0.15, 0.2) is 0 Å². The fourth-order valence-electron chi connectivity index (χ4n) is 1.03. The second kappa shape index (κ2) is 16.0. The van der Waals surface area contributed by atoms with E-state index in [2.05, 4.69) is 31.1 Å². The van der Waals surface area contributed by atoms with Gasteiger partial charge >= 0.3 is 0 Å². The second-order valence-electron chi connectivity index (χ2n) is 5.67. The van der Waals surface area contributed by atoms with Crippen molar-refractivity contribution in [3.05, 3.63) is 0 Å². The number of unbranched alkanes of at least 4 members (excludes halogenated alkanes) is 1. The van der Waals surface area contributed by atoms with E-state index in [4.69, 9.17) is 24.9 Å². The van der Waals surface area contributed by atoms with Gasteiger partial charge in [-0.1, -0.05) is 19.6 Å². The third-order valence-corrected chi connectivity index (χ3v) is 2.67. The van der Waals surface area contributed by atoms with E-state index < -0.39 is 20.0 Å². The quantitative estimate of drug-likeness (QED) is 0.347. The van der Waals surface area contributed by atoms with E-state index in [1.807, 2.05) is 0 Å². The van der Waals surface area contributed by atoms with E-state index in [1.54, 1.807) is 0 Å². The monoisotopic (exact) mass is 334 g/mol. The second-order valence-corrected chi connectivity index (χ2v) is 10.4. The summed E-state index contributed by atoms with van der Waals surface area (Å²) in [6.07, 6.45) is 2.67. The van der Waals surface area contributed by atoms with Gasteiger partial charge in [0.2, 0.25) is 0 Å². The molecule has 130 valence electrons. The van der Waals surface area contributed by atoms with Gasteiger partial charge in [-0.15, -0.1) is 11.5 Å². The molecule has 0 bridgehead atoms. The normalized spacial score (nSPS) is 10.7. The summed E-state index contributed by atoms with van der Waals surface area (Å²) < 4.78 is 0. The summed E-state index contributed by atoms with van der Waals surface area (Å²) in [7, 11) is -1.27. The Kier molecular flexibility index (Phi) is 18.6. The van der Waals surface area contributed by atoms with Gasteiger partial charge in [0, 0.05) is 26.9 Å². The van der Waals surface area contributed by atoms with Crippen LogP contribution in [-0.2, 0) is 9.59 Å². The topological polar surface area (TPSA) is 115 Å². The minimum absolute atomic E-state index is 0.216. The molecule has 0 heterocycles. The predicted molar refractivity (Wildman–Crippen MR) is 89.3 cm³/mol. The molecule has 0 aliphatic carbocycles. The highest BCUT2D eigenvalue weighted by atomic mass is 28.3. The minimum atomic E-state index is -1.27. The van der Waals surface area contributed by atoms with Gasteiger partial charge in [0.25, 0.3) is 11.9 Å². The largest absolute Gasteiger partial charge is 0.481 e. The third kappa shape index (κ3) is 51.2. The molecule has 0 fully saturated rings. The molecular formula is C15H30O6Si. The van der Waals surface area contributed by atoms with Crippen LogP contribution in [0.1, 0.15) is 39.5 Å². The third-order valence-electron chi connectivity index (χ3n) is 1.75. The van der Waals surface area contributed by atoms with Crippen LogP contribution in [0.5, 0.6) is 0 Å². The Balaban J connectivity index is -0.000000372. The number of carboxylic acid groups (broad SMARTS) is 2. The van der Waals surface area contributed by atoms with Gasteiger partial charge in [-0.3, -0.25) is 9.59 Å². The Bertz CT molecular complexity index is 331. The molecule has 0 aliphatic rings.